The second kappa shape index (κ2) is 4.86. The van der Waals surface area contributed by atoms with Gasteiger partial charge in [-0.05, 0) is 68.1 Å². The molecule has 0 spiro atoms. The SMILES string of the molecule is Cl.O=C(N1C[C@H]2CNC[C@H]2C1)C12CC3CC(CC(C3)C1)C2. The zero-order valence-electron chi connectivity index (χ0n) is 12.7. The molecule has 2 heterocycles. The standard InChI is InChI=1S/C17H26N2O.ClH/c20-16(19-9-14-7-18-8-15(14)10-19)17-4-11-1-12(5-17)3-13(2-11)6-17;/h11-15,18H,1-10H2;1H/t11?,12?,13?,14-,15+,17?;. The van der Waals surface area contributed by atoms with E-state index >= 15 is 0 Å². The van der Waals surface area contributed by atoms with Gasteiger partial charge in [-0.1, -0.05) is 0 Å². The van der Waals surface area contributed by atoms with Crippen LogP contribution in [0.5, 0.6) is 0 Å². The van der Waals surface area contributed by atoms with Crippen LogP contribution in [0.3, 0.4) is 0 Å². The number of halogens is 1. The second-order valence-corrected chi connectivity index (χ2v) is 8.59. The smallest absolute Gasteiger partial charge is 0.228 e. The Morgan fingerprint density at radius 3 is 1.86 bits per heavy atom. The van der Waals surface area contributed by atoms with Gasteiger partial charge in [-0.25, -0.2) is 0 Å². The van der Waals surface area contributed by atoms with Gasteiger partial charge >= 0.3 is 0 Å². The Hall–Kier alpha value is -0.280. The summed E-state index contributed by atoms with van der Waals surface area (Å²) >= 11 is 0. The van der Waals surface area contributed by atoms with Crippen molar-refractivity contribution >= 4 is 18.3 Å². The molecule has 21 heavy (non-hydrogen) atoms. The van der Waals surface area contributed by atoms with Gasteiger partial charge in [0.25, 0.3) is 0 Å². The van der Waals surface area contributed by atoms with Crippen LogP contribution in [-0.4, -0.2) is 37.0 Å². The lowest BCUT2D eigenvalue weighted by atomic mass is 9.49. The molecule has 6 fully saturated rings. The summed E-state index contributed by atoms with van der Waals surface area (Å²) in [5, 5.41) is 3.48. The molecule has 118 valence electrons. The number of carbonyl (C=O) groups is 1. The van der Waals surface area contributed by atoms with Crippen molar-refractivity contribution in [3.8, 4) is 0 Å². The Morgan fingerprint density at radius 2 is 1.38 bits per heavy atom. The molecule has 6 aliphatic rings. The zero-order valence-corrected chi connectivity index (χ0v) is 13.5. The van der Waals surface area contributed by atoms with Gasteiger partial charge in [0.2, 0.25) is 5.91 Å². The molecule has 0 radical (unpaired) electrons. The predicted molar refractivity (Wildman–Crippen MR) is 84.3 cm³/mol. The number of likely N-dealkylation sites (tertiary alicyclic amines) is 1. The highest BCUT2D eigenvalue weighted by molar-refractivity contribution is 5.85. The van der Waals surface area contributed by atoms with Gasteiger partial charge < -0.3 is 10.2 Å². The molecule has 2 atom stereocenters. The van der Waals surface area contributed by atoms with Gasteiger partial charge in [0, 0.05) is 26.2 Å². The lowest BCUT2D eigenvalue weighted by molar-refractivity contribution is -0.156. The maximum absolute atomic E-state index is 13.2. The summed E-state index contributed by atoms with van der Waals surface area (Å²) in [6.07, 6.45) is 7.97. The molecule has 2 aliphatic heterocycles. The molecule has 4 saturated carbocycles. The number of carbonyl (C=O) groups excluding carboxylic acids is 1. The number of fused-ring (bicyclic) bond motifs is 1. The van der Waals surface area contributed by atoms with E-state index in [9.17, 15) is 4.79 Å². The number of nitrogens with zero attached hydrogens (tertiary/aromatic N) is 1. The van der Waals surface area contributed by atoms with Crippen molar-refractivity contribution < 1.29 is 4.79 Å². The number of nitrogens with one attached hydrogen (secondary N) is 1. The fraction of sp³-hybridized carbons (Fsp3) is 0.941. The quantitative estimate of drug-likeness (QED) is 0.806. The van der Waals surface area contributed by atoms with E-state index < -0.39 is 0 Å². The fourth-order valence-corrected chi connectivity index (χ4v) is 6.73. The van der Waals surface area contributed by atoms with E-state index in [2.05, 4.69) is 10.2 Å². The van der Waals surface area contributed by atoms with Crippen LogP contribution in [0.2, 0.25) is 0 Å². The van der Waals surface area contributed by atoms with Crippen LogP contribution in [0.15, 0.2) is 0 Å². The summed E-state index contributed by atoms with van der Waals surface area (Å²) in [6, 6.07) is 0. The molecular weight excluding hydrogens is 284 g/mol. The number of hydrogen-bond acceptors (Lipinski definition) is 2. The molecule has 2 saturated heterocycles. The van der Waals surface area contributed by atoms with Crippen LogP contribution >= 0.6 is 12.4 Å². The van der Waals surface area contributed by atoms with Gasteiger partial charge in [-0.15, -0.1) is 12.4 Å². The predicted octanol–water partition coefficient (Wildman–Crippen LogP) is 2.30. The summed E-state index contributed by atoms with van der Waals surface area (Å²) in [7, 11) is 0. The Labute approximate surface area is 133 Å². The van der Waals surface area contributed by atoms with Crippen molar-refractivity contribution in [2.75, 3.05) is 26.2 Å². The lowest BCUT2D eigenvalue weighted by Crippen LogP contribution is -2.54. The minimum absolute atomic E-state index is 0. The molecule has 4 bridgehead atoms. The van der Waals surface area contributed by atoms with E-state index in [0.717, 1.165) is 55.8 Å². The Kier molecular flexibility index (Phi) is 3.31. The highest BCUT2D eigenvalue weighted by atomic mass is 35.5. The lowest BCUT2D eigenvalue weighted by Gasteiger charge is -2.56. The molecule has 0 aromatic carbocycles. The first-order chi connectivity index (χ1) is 9.72. The van der Waals surface area contributed by atoms with Crippen molar-refractivity contribution in [2.24, 2.45) is 35.0 Å². The summed E-state index contributed by atoms with van der Waals surface area (Å²) in [5.74, 6) is 4.70. The Bertz CT molecular complexity index is 405. The van der Waals surface area contributed by atoms with E-state index in [-0.39, 0.29) is 17.8 Å². The van der Waals surface area contributed by atoms with E-state index in [1.54, 1.807) is 0 Å². The summed E-state index contributed by atoms with van der Waals surface area (Å²) in [5.41, 5.74) is 0.0841. The topological polar surface area (TPSA) is 32.3 Å². The van der Waals surface area contributed by atoms with E-state index in [1.165, 1.54) is 38.5 Å². The first-order valence-corrected chi connectivity index (χ1v) is 8.72. The number of amides is 1. The molecule has 0 aromatic heterocycles. The maximum Gasteiger partial charge on any atom is 0.228 e. The summed E-state index contributed by atoms with van der Waals surface area (Å²) in [4.78, 5) is 15.5. The molecule has 4 heteroatoms. The van der Waals surface area contributed by atoms with Gasteiger partial charge in [-0.3, -0.25) is 4.79 Å². The van der Waals surface area contributed by atoms with Crippen LogP contribution < -0.4 is 5.32 Å². The van der Waals surface area contributed by atoms with Gasteiger partial charge in [-0.2, -0.15) is 0 Å². The van der Waals surface area contributed by atoms with Crippen molar-refractivity contribution in [2.45, 2.75) is 38.5 Å². The van der Waals surface area contributed by atoms with Crippen LogP contribution in [-0.2, 0) is 4.79 Å². The summed E-state index contributed by atoms with van der Waals surface area (Å²) in [6.45, 7) is 4.35. The van der Waals surface area contributed by atoms with Crippen molar-refractivity contribution in [1.82, 2.24) is 10.2 Å². The molecule has 4 aliphatic carbocycles. The minimum atomic E-state index is 0. The monoisotopic (exact) mass is 310 g/mol. The Balaban J connectivity index is 0.00000115. The molecule has 1 amide bonds. The highest BCUT2D eigenvalue weighted by Crippen LogP contribution is 2.60. The Morgan fingerprint density at radius 1 is 0.905 bits per heavy atom. The molecule has 6 rings (SSSR count). The van der Waals surface area contributed by atoms with Crippen molar-refractivity contribution in [1.29, 1.82) is 0 Å². The van der Waals surface area contributed by atoms with E-state index in [4.69, 9.17) is 0 Å². The van der Waals surface area contributed by atoms with Crippen LogP contribution in [0, 0.1) is 35.0 Å². The third-order valence-corrected chi connectivity index (χ3v) is 7.17. The number of hydrogen-bond donors (Lipinski definition) is 1. The second-order valence-electron chi connectivity index (χ2n) is 8.59. The minimum Gasteiger partial charge on any atom is -0.342 e. The average molecular weight is 311 g/mol. The number of rotatable bonds is 1. The normalized spacial score (nSPS) is 50.1. The third kappa shape index (κ3) is 2.07. The molecule has 0 unspecified atom stereocenters. The van der Waals surface area contributed by atoms with Crippen LogP contribution in [0.4, 0.5) is 0 Å². The third-order valence-electron chi connectivity index (χ3n) is 7.17. The zero-order chi connectivity index (χ0) is 13.3. The molecular formula is C17H27ClN2O. The summed E-state index contributed by atoms with van der Waals surface area (Å²) < 4.78 is 0. The van der Waals surface area contributed by atoms with E-state index in [1.807, 2.05) is 0 Å². The fourth-order valence-electron chi connectivity index (χ4n) is 6.73. The highest BCUT2D eigenvalue weighted by Gasteiger charge is 2.56. The van der Waals surface area contributed by atoms with Gasteiger partial charge in [0.1, 0.15) is 0 Å². The van der Waals surface area contributed by atoms with Gasteiger partial charge in [0.05, 0.1) is 5.41 Å². The molecule has 0 aromatic rings. The van der Waals surface area contributed by atoms with Crippen molar-refractivity contribution in [3.63, 3.8) is 0 Å². The first kappa shape index (κ1) is 14.3. The molecule has 3 nitrogen and oxygen atoms in total. The molecule has 1 N–H and O–H groups in total. The first-order valence-electron chi connectivity index (χ1n) is 8.72. The average Bonchev–Trinajstić information content (AvgIpc) is 2.96. The van der Waals surface area contributed by atoms with E-state index in [0.29, 0.717) is 5.91 Å². The van der Waals surface area contributed by atoms with Gasteiger partial charge in [0.15, 0.2) is 0 Å². The van der Waals surface area contributed by atoms with Crippen molar-refractivity contribution in [3.05, 3.63) is 0 Å². The largest absolute Gasteiger partial charge is 0.342 e. The van der Waals surface area contributed by atoms with Crippen LogP contribution in [0.1, 0.15) is 38.5 Å². The maximum atomic E-state index is 13.2. The van der Waals surface area contributed by atoms with Crippen LogP contribution in [0.25, 0.3) is 0 Å².